The Bertz CT molecular complexity index is 2490. The number of nitrogens with one attached hydrogen (secondary N) is 2. The molecule has 3 amide bonds. The molecule has 3 fully saturated rings. The van der Waals surface area contributed by atoms with Crippen LogP contribution >= 0.6 is 0 Å². The number of amides is 3. The molecule has 66 heavy (non-hydrogen) atoms. The third-order valence-corrected chi connectivity index (χ3v) is 14.4. The van der Waals surface area contributed by atoms with Gasteiger partial charge in [0.1, 0.15) is 17.8 Å². The van der Waals surface area contributed by atoms with Crippen LogP contribution in [0.15, 0.2) is 73.3 Å². The molecule has 4 aliphatic rings. The standard InChI is InChI=1S/C53H68N6O7/c1-8-46(61)56-22-19-53(31-56)20-23-57(32-53)47(34(3)4)49(62)54-44-27-35-25-38(28-39(60)26-35)37-16-17-45-41(29-37)42(48(58(45)9-2)40-14-11-10-13-36(40)18-24-65-7)30-52(5,6)33-66-51(64)43-15-12-21-59(55-43)50(44)63/h8,10-11,13-14,16-17,25-26,28-29,34,43-44,47,55,60H,1,9,12,15,18-24,27,30-33H2,2-7H3,(H,54,62)/t43-,44-,47-,53+/m0/s1. The number of esters is 1. The van der Waals surface area contributed by atoms with Gasteiger partial charge >= 0.3 is 5.97 Å². The predicted molar refractivity (Wildman–Crippen MR) is 256 cm³/mol. The minimum Gasteiger partial charge on any atom is -0.508 e. The number of benzene rings is 3. The summed E-state index contributed by atoms with van der Waals surface area (Å²) >= 11 is 0. The Morgan fingerprint density at radius 1 is 1.03 bits per heavy atom. The lowest BCUT2D eigenvalue weighted by Gasteiger charge is -2.37. The van der Waals surface area contributed by atoms with E-state index in [1.165, 1.54) is 16.6 Å². The number of cyclic esters (lactones) is 1. The van der Waals surface area contributed by atoms with E-state index in [1.54, 1.807) is 19.2 Å². The fourth-order valence-electron chi connectivity index (χ4n) is 11.1. The van der Waals surface area contributed by atoms with Crippen LogP contribution in [0.3, 0.4) is 0 Å². The zero-order chi connectivity index (χ0) is 46.9. The molecule has 0 saturated carbocycles. The molecule has 4 atom stereocenters. The van der Waals surface area contributed by atoms with Crippen LogP contribution in [0.2, 0.25) is 0 Å². The van der Waals surface area contributed by atoms with Crippen LogP contribution in [-0.2, 0) is 54.5 Å². The number of rotatable bonds is 10. The van der Waals surface area contributed by atoms with E-state index in [1.807, 2.05) is 24.8 Å². The van der Waals surface area contributed by atoms with Gasteiger partial charge < -0.3 is 29.4 Å². The van der Waals surface area contributed by atoms with Gasteiger partial charge in [0.15, 0.2) is 0 Å². The normalized spacial score (nSPS) is 23.0. The number of aromatic nitrogens is 1. The van der Waals surface area contributed by atoms with Crippen molar-refractivity contribution in [3.05, 3.63) is 90.0 Å². The molecule has 352 valence electrons. The molecule has 3 N–H and O–H groups in total. The lowest BCUT2D eigenvalue weighted by atomic mass is 9.83. The zero-order valence-electron chi connectivity index (χ0n) is 39.7. The second-order valence-electron chi connectivity index (χ2n) is 20.2. The number of ether oxygens (including phenoxy) is 2. The van der Waals surface area contributed by atoms with Crippen molar-refractivity contribution in [3.63, 3.8) is 0 Å². The number of nitrogens with zero attached hydrogens (tertiary/aromatic N) is 4. The van der Waals surface area contributed by atoms with Crippen LogP contribution in [0, 0.1) is 16.7 Å². The molecule has 5 heterocycles. The van der Waals surface area contributed by atoms with Crippen molar-refractivity contribution in [3.8, 4) is 28.1 Å². The first-order valence-electron chi connectivity index (χ1n) is 23.9. The van der Waals surface area contributed by atoms with E-state index >= 15 is 0 Å². The molecule has 8 rings (SSSR count). The Balaban J connectivity index is 1.19. The molecular formula is C53H68N6O7. The Morgan fingerprint density at radius 2 is 1.82 bits per heavy atom. The van der Waals surface area contributed by atoms with Gasteiger partial charge in [-0.3, -0.25) is 29.1 Å². The lowest BCUT2D eigenvalue weighted by molar-refractivity contribution is -0.155. The van der Waals surface area contributed by atoms with Crippen LogP contribution in [0.1, 0.15) is 77.0 Å². The van der Waals surface area contributed by atoms with Gasteiger partial charge in [0.05, 0.1) is 24.9 Å². The van der Waals surface area contributed by atoms with Gasteiger partial charge in [-0.25, -0.2) is 5.43 Å². The van der Waals surface area contributed by atoms with Crippen molar-refractivity contribution >= 4 is 34.6 Å². The summed E-state index contributed by atoms with van der Waals surface area (Å²) in [5, 5.41) is 17.1. The summed E-state index contributed by atoms with van der Waals surface area (Å²) in [7, 11) is 1.72. The number of hydrogen-bond acceptors (Lipinski definition) is 9. The molecule has 3 aromatic carbocycles. The first-order valence-corrected chi connectivity index (χ1v) is 23.9. The average molecular weight is 901 g/mol. The van der Waals surface area contributed by atoms with Crippen molar-refractivity contribution in [2.24, 2.45) is 16.7 Å². The summed E-state index contributed by atoms with van der Waals surface area (Å²) < 4.78 is 14.1. The third kappa shape index (κ3) is 9.66. The maximum Gasteiger partial charge on any atom is 0.324 e. The molecule has 0 unspecified atom stereocenters. The van der Waals surface area contributed by atoms with Gasteiger partial charge in [0, 0.05) is 73.6 Å². The number of aromatic hydroxyl groups is 1. The molecule has 3 saturated heterocycles. The number of hydrazine groups is 1. The molecule has 1 spiro atoms. The smallest absolute Gasteiger partial charge is 0.324 e. The van der Waals surface area contributed by atoms with Gasteiger partial charge in [-0.05, 0) is 116 Å². The van der Waals surface area contributed by atoms with Crippen molar-refractivity contribution in [1.29, 1.82) is 0 Å². The minimum absolute atomic E-state index is 0.0524. The highest BCUT2D eigenvalue weighted by Gasteiger charge is 2.48. The number of hydrogen-bond donors (Lipinski definition) is 3. The molecule has 4 aromatic rings. The monoisotopic (exact) mass is 901 g/mol. The van der Waals surface area contributed by atoms with Crippen LogP contribution < -0.4 is 10.7 Å². The van der Waals surface area contributed by atoms with Crippen LogP contribution in [0.5, 0.6) is 5.75 Å². The van der Waals surface area contributed by atoms with Crippen LogP contribution in [0.25, 0.3) is 33.3 Å². The number of fused-ring (bicyclic) bond motifs is 6. The number of methoxy groups -OCH3 is 1. The Morgan fingerprint density at radius 3 is 2.58 bits per heavy atom. The molecular weight excluding hydrogens is 833 g/mol. The highest BCUT2D eigenvalue weighted by molar-refractivity contribution is 5.96. The molecule has 6 bridgehead atoms. The number of likely N-dealkylation sites (tertiary alicyclic amines) is 2. The average Bonchev–Trinajstić information content (AvgIpc) is 4.00. The lowest BCUT2D eigenvalue weighted by Crippen LogP contribution is -2.62. The molecule has 13 heteroatoms. The van der Waals surface area contributed by atoms with Crippen molar-refractivity contribution in [2.45, 2.75) is 104 Å². The Kier molecular flexibility index (Phi) is 13.8. The molecule has 1 aromatic heterocycles. The van der Waals surface area contributed by atoms with E-state index in [-0.39, 0.29) is 47.8 Å². The van der Waals surface area contributed by atoms with E-state index in [9.17, 15) is 24.3 Å². The quantitative estimate of drug-likeness (QED) is 0.117. The van der Waals surface area contributed by atoms with Crippen molar-refractivity contribution < 1.29 is 33.8 Å². The summed E-state index contributed by atoms with van der Waals surface area (Å²) in [5.74, 6) is -1.14. The van der Waals surface area contributed by atoms with Gasteiger partial charge in [-0.1, -0.05) is 70.7 Å². The summed E-state index contributed by atoms with van der Waals surface area (Å²) in [4.78, 5) is 60.0. The van der Waals surface area contributed by atoms with E-state index < -0.39 is 29.5 Å². The van der Waals surface area contributed by atoms with Gasteiger partial charge in [-0.2, -0.15) is 0 Å². The van der Waals surface area contributed by atoms with Crippen LogP contribution in [0.4, 0.5) is 0 Å². The molecule has 4 aliphatic heterocycles. The molecule has 0 radical (unpaired) electrons. The van der Waals surface area contributed by atoms with Gasteiger partial charge in [0.2, 0.25) is 11.8 Å². The number of carbonyl (C=O) groups is 4. The van der Waals surface area contributed by atoms with Crippen molar-refractivity contribution in [1.82, 2.24) is 30.1 Å². The largest absolute Gasteiger partial charge is 0.508 e. The summed E-state index contributed by atoms with van der Waals surface area (Å²) in [6, 6.07) is 18.0. The van der Waals surface area contributed by atoms with E-state index in [2.05, 4.69) is 90.0 Å². The maximum atomic E-state index is 14.8. The maximum absolute atomic E-state index is 14.8. The Hall–Kier alpha value is -5.50. The molecule has 0 aliphatic carbocycles. The highest BCUT2D eigenvalue weighted by atomic mass is 16.5. The topological polar surface area (TPSA) is 146 Å². The number of phenolic OH excluding ortho intramolecular Hbond substituents is 1. The van der Waals surface area contributed by atoms with E-state index in [0.717, 1.165) is 64.7 Å². The number of phenols is 1. The SMILES string of the molecule is C=CC(=O)N1CC[C@@]2(CCN([C@H](C(=O)N[C@H]3Cc4cc(O)cc(c4)-c4ccc5c(c4)c(c(-c4ccccc4CCOC)n5CC)CC(C)(C)COC(=O)[C@@H]4CCCN(N4)C3=O)C(C)C)C2)C1. The van der Waals surface area contributed by atoms with Gasteiger partial charge in [0.25, 0.3) is 5.91 Å². The fraction of sp³-hybridized carbons (Fsp3) is 0.509. The predicted octanol–water partition coefficient (Wildman–Crippen LogP) is 6.67. The number of carbonyl (C=O) groups excluding carboxylic acids is 4. The summed E-state index contributed by atoms with van der Waals surface area (Å²) in [6.07, 6.45) is 5.61. The van der Waals surface area contributed by atoms with E-state index in [4.69, 9.17) is 9.47 Å². The Labute approximate surface area is 389 Å². The minimum atomic E-state index is -1.02. The number of aryl methyl sites for hydroxylation is 1. The summed E-state index contributed by atoms with van der Waals surface area (Å²) in [5.41, 5.74) is 10.6. The second kappa shape index (κ2) is 19.4. The van der Waals surface area contributed by atoms with Crippen molar-refractivity contribution in [2.75, 3.05) is 53.0 Å². The summed E-state index contributed by atoms with van der Waals surface area (Å²) in [6.45, 7) is 18.6. The first-order chi connectivity index (χ1) is 31.6. The zero-order valence-corrected chi connectivity index (χ0v) is 39.7. The van der Waals surface area contributed by atoms with Crippen LogP contribution in [-0.4, -0.2) is 119 Å². The second-order valence-corrected chi connectivity index (χ2v) is 20.2. The van der Waals surface area contributed by atoms with E-state index in [0.29, 0.717) is 64.2 Å². The van der Waals surface area contributed by atoms with Gasteiger partial charge in [-0.15, -0.1) is 0 Å². The third-order valence-electron chi connectivity index (χ3n) is 14.4. The first kappa shape index (κ1) is 47.0. The molecule has 13 nitrogen and oxygen atoms in total. The fourth-order valence-corrected chi connectivity index (χ4v) is 11.1. The highest BCUT2D eigenvalue weighted by Crippen LogP contribution is 2.43.